The van der Waals surface area contributed by atoms with Crippen LogP contribution in [0, 0.1) is 0 Å². The van der Waals surface area contributed by atoms with Crippen molar-refractivity contribution in [3.63, 3.8) is 0 Å². The van der Waals surface area contributed by atoms with E-state index < -0.39 is 6.04 Å². The molecule has 1 fully saturated rings. The van der Waals surface area contributed by atoms with Gasteiger partial charge in [0.2, 0.25) is 17.7 Å². The molecule has 0 spiro atoms. The van der Waals surface area contributed by atoms with Crippen molar-refractivity contribution in [3.05, 3.63) is 22.4 Å². The Morgan fingerprint density at radius 1 is 1.45 bits per heavy atom. The fraction of sp³-hybridized carbons (Fsp3) is 0.533. The second-order valence-corrected chi connectivity index (χ2v) is 6.52. The molecule has 1 N–H and O–H groups in total. The van der Waals surface area contributed by atoms with Gasteiger partial charge in [-0.2, -0.15) is 0 Å². The summed E-state index contributed by atoms with van der Waals surface area (Å²) in [6, 6.07) is 3.47. The number of nitrogens with one attached hydrogen (secondary N) is 1. The minimum atomic E-state index is -0.427. The van der Waals surface area contributed by atoms with Crippen LogP contribution < -0.4 is 5.32 Å². The van der Waals surface area contributed by atoms with Crippen molar-refractivity contribution in [1.82, 2.24) is 15.1 Å². The molecule has 0 unspecified atom stereocenters. The van der Waals surface area contributed by atoms with Crippen molar-refractivity contribution in [2.45, 2.75) is 31.8 Å². The van der Waals surface area contributed by atoms with Crippen LogP contribution in [0.1, 0.15) is 24.1 Å². The van der Waals surface area contributed by atoms with Gasteiger partial charge in [0.1, 0.15) is 6.04 Å². The van der Waals surface area contributed by atoms with Gasteiger partial charge in [0.05, 0.1) is 6.54 Å². The quantitative estimate of drug-likeness (QED) is 0.843. The largest absolute Gasteiger partial charge is 0.354 e. The summed E-state index contributed by atoms with van der Waals surface area (Å²) in [5.74, 6) is -0.190. The molecule has 1 aliphatic rings. The van der Waals surface area contributed by atoms with Crippen molar-refractivity contribution in [2.75, 3.05) is 20.6 Å². The first kappa shape index (κ1) is 16.5. The molecule has 2 rings (SSSR count). The van der Waals surface area contributed by atoms with E-state index in [2.05, 4.69) is 5.32 Å². The number of hydrogen-bond acceptors (Lipinski definition) is 4. The van der Waals surface area contributed by atoms with Gasteiger partial charge >= 0.3 is 0 Å². The molecule has 0 saturated carbocycles. The number of likely N-dealkylation sites (tertiary alicyclic amines) is 1. The van der Waals surface area contributed by atoms with Crippen molar-refractivity contribution in [2.24, 2.45) is 0 Å². The minimum Gasteiger partial charge on any atom is -0.354 e. The Morgan fingerprint density at radius 2 is 2.23 bits per heavy atom. The Hall–Kier alpha value is -1.89. The number of nitrogens with zero attached hydrogens (tertiary/aromatic N) is 2. The SMILES string of the molecule is CN(C)C(=O)CCNC(=O)[C@@H]1CCC(=O)N1Cc1cccs1. The van der Waals surface area contributed by atoms with E-state index in [-0.39, 0.29) is 24.1 Å². The van der Waals surface area contributed by atoms with Crippen LogP contribution in [-0.4, -0.2) is 54.2 Å². The molecule has 2 heterocycles. The van der Waals surface area contributed by atoms with E-state index in [1.165, 1.54) is 4.90 Å². The van der Waals surface area contributed by atoms with Crippen LogP contribution in [0.3, 0.4) is 0 Å². The molecule has 1 atom stereocenters. The first-order valence-corrected chi connectivity index (χ1v) is 8.16. The summed E-state index contributed by atoms with van der Waals surface area (Å²) in [4.78, 5) is 39.9. The molecule has 1 aliphatic heterocycles. The Morgan fingerprint density at radius 3 is 2.86 bits per heavy atom. The number of thiophene rings is 1. The van der Waals surface area contributed by atoms with Crippen LogP contribution in [-0.2, 0) is 20.9 Å². The highest BCUT2D eigenvalue weighted by Crippen LogP contribution is 2.23. The zero-order chi connectivity index (χ0) is 16.1. The smallest absolute Gasteiger partial charge is 0.242 e. The van der Waals surface area contributed by atoms with E-state index in [4.69, 9.17) is 0 Å². The molecule has 0 aliphatic carbocycles. The first-order chi connectivity index (χ1) is 10.5. The number of carbonyl (C=O) groups is 3. The summed E-state index contributed by atoms with van der Waals surface area (Å²) < 4.78 is 0. The van der Waals surface area contributed by atoms with Crippen molar-refractivity contribution >= 4 is 29.1 Å². The van der Waals surface area contributed by atoms with Gasteiger partial charge in [0, 0.05) is 38.4 Å². The van der Waals surface area contributed by atoms with E-state index in [0.717, 1.165) is 4.88 Å². The lowest BCUT2D eigenvalue weighted by Gasteiger charge is -2.23. The Balaban J connectivity index is 1.87. The summed E-state index contributed by atoms with van der Waals surface area (Å²) in [6.45, 7) is 0.776. The summed E-state index contributed by atoms with van der Waals surface area (Å²) >= 11 is 1.57. The molecule has 22 heavy (non-hydrogen) atoms. The maximum absolute atomic E-state index is 12.3. The monoisotopic (exact) mass is 323 g/mol. The van der Waals surface area contributed by atoms with Crippen LogP contribution in [0.5, 0.6) is 0 Å². The molecular weight excluding hydrogens is 302 g/mol. The van der Waals surface area contributed by atoms with E-state index >= 15 is 0 Å². The zero-order valence-corrected chi connectivity index (χ0v) is 13.7. The van der Waals surface area contributed by atoms with Crippen LogP contribution in [0.4, 0.5) is 0 Å². The second-order valence-electron chi connectivity index (χ2n) is 5.48. The lowest BCUT2D eigenvalue weighted by atomic mass is 10.2. The number of rotatable bonds is 6. The number of amides is 3. The normalized spacial score (nSPS) is 17.6. The molecule has 1 aromatic rings. The molecule has 3 amide bonds. The van der Waals surface area contributed by atoms with Crippen molar-refractivity contribution < 1.29 is 14.4 Å². The fourth-order valence-electron chi connectivity index (χ4n) is 2.41. The lowest BCUT2D eigenvalue weighted by Crippen LogP contribution is -2.45. The third-order valence-electron chi connectivity index (χ3n) is 3.67. The summed E-state index contributed by atoms with van der Waals surface area (Å²) in [7, 11) is 3.37. The topological polar surface area (TPSA) is 69.7 Å². The summed E-state index contributed by atoms with van der Waals surface area (Å²) in [6.07, 6.45) is 1.21. The van der Waals surface area contributed by atoms with Gasteiger partial charge in [0.15, 0.2) is 0 Å². The van der Waals surface area contributed by atoms with Crippen LogP contribution in [0.2, 0.25) is 0 Å². The Labute approximate surface area is 134 Å². The zero-order valence-electron chi connectivity index (χ0n) is 12.9. The van der Waals surface area contributed by atoms with Gasteiger partial charge in [-0.15, -0.1) is 11.3 Å². The molecule has 1 saturated heterocycles. The van der Waals surface area contributed by atoms with Gasteiger partial charge < -0.3 is 15.1 Å². The minimum absolute atomic E-state index is 0.0120. The number of carbonyl (C=O) groups excluding carboxylic acids is 3. The molecule has 0 radical (unpaired) electrons. The predicted molar refractivity (Wildman–Crippen MR) is 84.2 cm³/mol. The Bertz CT molecular complexity index is 542. The van der Waals surface area contributed by atoms with Gasteiger partial charge in [0.25, 0.3) is 0 Å². The predicted octanol–water partition coefficient (Wildman–Crippen LogP) is 0.834. The second kappa shape index (κ2) is 7.40. The lowest BCUT2D eigenvalue weighted by molar-refractivity contribution is -0.136. The average molecular weight is 323 g/mol. The molecule has 0 bridgehead atoms. The van der Waals surface area contributed by atoms with E-state index in [9.17, 15) is 14.4 Å². The van der Waals surface area contributed by atoms with Gasteiger partial charge in [-0.1, -0.05) is 6.07 Å². The van der Waals surface area contributed by atoms with Crippen LogP contribution in [0.15, 0.2) is 17.5 Å². The van der Waals surface area contributed by atoms with Crippen LogP contribution in [0.25, 0.3) is 0 Å². The standard InChI is InChI=1S/C15H21N3O3S/c1-17(2)13(19)7-8-16-15(21)12-5-6-14(20)18(12)10-11-4-3-9-22-11/h3-4,9,12H,5-8,10H2,1-2H3,(H,16,21)/t12-/m0/s1. The highest BCUT2D eigenvalue weighted by atomic mass is 32.1. The third-order valence-corrected chi connectivity index (χ3v) is 4.54. The number of hydrogen-bond donors (Lipinski definition) is 1. The summed E-state index contributed by atoms with van der Waals surface area (Å²) in [5.41, 5.74) is 0. The van der Waals surface area contributed by atoms with Gasteiger partial charge in [-0.25, -0.2) is 0 Å². The fourth-order valence-corrected chi connectivity index (χ4v) is 3.11. The maximum atomic E-state index is 12.3. The molecule has 6 nitrogen and oxygen atoms in total. The highest BCUT2D eigenvalue weighted by Gasteiger charge is 2.35. The van der Waals surface area contributed by atoms with E-state index in [1.54, 1.807) is 30.3 Å². The molecule has 0 aromatic carbocycles. The van der Waals surface area contributed by atoms with Crippen LogP contribution >= 0.6 is 11.3 Å². The Kier molecular flexibility index (Phi) is 5.54. The van der Waals surface area contributed by atoms with Gasteiger partial charge in [-0.3, -0.25) is 14.4 Å². The van der Waals surface area contributed by atoms with E-state index in [0.29, 0.717) is 25.9 Å². The molecule has 120 valence electrons. The molecular formula is C15H21N3O3S. The maximum Gasteiger partial charge on any atom is 0.242 e. The molecule has 7 heteroatoms. The van der Waals surface area contributed by atoms with Crippen molar-refractivity contribution in [1.29, 1.82) is 0 Å². The van der Waals surface area contributed by atoms with Crippen molar-refractivity contribution in [3.8, 4) is 0 Å². The molecule has 1 aromatic heterocycles. The van der Waals surface area contributed by atoms with E-state index in [1.807, 2.05) is 17.5 Å². The van der Waals surface area contributed by atoms with Gasteiger partial charge in [-0.05, 0) is 17.9 Å². The summed E-state index contributed by atoms with van der Waals surface area (Å²) in [5, 5.41) is 4.72. The average Bonchev–Trinajstić information content (AvgIpc) is 3.10. The first-order valence-electron chi connectivity index (χ1n) is 7.28. The third kappa shape index (κ3) is 4.07. The highest BCUT2D eigenvalue weighted by molar-refractivity contribution is 7.09.